The van der Waals surface area contributed by atoms with Gasteiger partial charge < -0.3 is 19.1 Å². The Kier molecular flexibility index (Phi) is 5.15. The van der Waals surface area contributed by atoms with Crippen LogP contribution in [0.25, 0.3) is 10.9 Å². The molecule has 2 unspecified atom stereocenters. The highest BCUT2D eigenvalue weighted by Gasteiger charge is 2.47. The van der Waals surface area contributed by atoms with Gasteiger partial charge in [0.05, 0.1) is 38.1 Å². The minimum absolute atomic E-state index is 0.400. The summed E-state index contributed by atoms with van der Waals surface area (Å²) < 4.78 is 13.1. The van der Waals surface area contributed by atoms with Crippen LogP contribution in [0.3, 0.4) is 0 Å². The van der Waals surface area contributed by atoms with E-state index in [4.69, 9.17) is 9.47 Å². The second-order valence-corrected chi connectivity index (χ2v) is 9.19. The van der Waals surface area contributed by atoms with Crippen LogP contribution in [0.4, 0.5) is 0 Å². The molecule has 0 aliphatic carbocycles. The highest BCUT2D eigenvalue weighted by Crippen LogP contribution is 2.43. The molecule has 164 valence electrons. The van der Waals surface area contributed by atoms with E-state index in [0.717, 1.165) is 49.2 Å². The van der Waals surface area contributed by atoms with Crippen LogP contribution in [0.2, 0.25) is 0 Å². The molecule has 0 spiro atoms. The molecular formula is C25H31N3O3. The van der Waals surface area contributed by atoms with Crippen LogP contribution in [-0.2, 0) is 13.1 Å². The molecule has 4 heterocycles. The van der Waals surface area contributed by atoms with Crippen molar-refractivity contribution in [3.8, 4) is 11.5 Å². The SMILES string of the molecule is COc1ccc(CN2C3CCC2CC(O)(Cn2c(C)cc4ccncc42)C3)cc1OC. The summed E-state index contributed by atoms with van der Waals surface area (Å²) in [5.74, 6) is 1.52. The molecule has 2 saturated heterocycles. The first-order valence-corrected chi connectivity index (χ1v) is 11.1. The van der Waals surface area contributed by atoms with Crippen LogP contribution < -0.4 is 9.47 Å². The molecule has 2 aliphatic rings. The summed E-state index contributed by atoms with van der Waals surface area (Å²) in [4.78, 5) is 6.88. The van der Waals surface area contributed by atoms with Gasteiger partial charge in [0.25, 0.3) is 0 Å². The predicted molar refractivity (Wildman–Crippen MR) is 121 cm³/mol. The smallest absolute Gasteiger partial charge is 0.161 e. The maximum Gasteiger partial charge on any atom is 0.161 e. The number of hydrogen-bond donors (Lipinski definition) is 1. The van der Waals surface area contributed by atoms with Crippen molar-refractivity contribution in [2.24, 2.45) is 0 Å². The number of aliphatic hydroxyl groups is 1. The first-order valence-electron chi connectivity index (χ1n) is 11.1. The van der Waals surface area contributed by atoms with Gasteiger partial charge in [-0.2, -0.15) is 0 Å². The maximum atomic E-state index is 11.6. The van der Waals surface area contributed by atoms with E-state index in [1.807, 2.05) is 24.5 Å². The number of aryl methyl sites for hydroxylation is 1. The zero-order valence-electron chi connectivity index (χ0n) is 18.5. The van der Waals surface area contributed by atoms with Gasteiger partial charge in [-0.25, -0.2) is 0 Å². The van der Waals surface area contributed by atoms with Gasteiger partial charge in [-0.15, -0.1) is 0 Å². The molecule has 2 atom stereocenters. The minimum atomic E-state index is -0.688. The molecule has 2 aliphatic heterocycles. The quantitative estimate of drug-likeness (QED) is 0.654. The van der Waals surface area contributed by atoms with E-state index in [2.05, 4.69) is 39.6 Å². The molecule has 6 heteroatoms. The highest BCUT2D eigenvalue weighted by molar-refractivity contribution is 5.80. The van der Waals surface area contributed by atoms with Crippen molar-refractivity contribution in [2.75, 3.05) is 14.2 Å². The maximum absolute atomic E-state index is 11.6. The second kappa shape index (κ2) is 7.84. The lowest BCUT2D eigenvalue weighted by atomic mass is 9.85. The fraction of sp³-hybridized carbons (Fsp3) is 0.480. The summed E-state index contributed by atoms with van der Waals surface area (Å²) in [6, 6.07) is 11.2. The van der Waals surface area contributed by atoms with E-state index in [0.29, 0.717) is 18.6 Å². The predicted octanol–water partition coefficient (Wildman–Crippen LogP) is 3.92. The molecule has 0 radical (unpaired) electrons. The number of piperidine rings is 1. The zero-order chi connectivity index (χ0) is 21.6. The van der Waals surface area contributed by atoms with Gasteiger partial charge in [-0.05, 0) is 62.4 Å². The van der Waals surface area contributed by atoms with E-state index in [1.54, 1.807) is 14.2 Å². The second-order valence-electron chi connectivity index (χ2n) is 9.19. The van der Waals surface area contributed by atoms with Crippen LogP contribution in [0.5, 0.6) is 11.5 Å². The van der Waals surface area contributed by atoms with Crippen molar-refractivity contribution in [2.45, 2.75) is 63.4 Å². The van der Waals surface area contributed by atoms with Gasteiger partial charge in [0.15, 0.2) is 11.5 Å². The molecule has 2 aromatic heterocycles. The van der Waals surface area contributed by atoms with Crippen LogP contribution in [0.15, 0.2) is 42.7 Å². The molecule has 2 bridgehead atoms. The molecule has 3 aromatic rings. The normalized spacial score (nSPS) is 25.8. The molecule has 1 N–H and O–H groups in total. The largest absolute Gasteiger partial charge is 0.493 e. The number of pyridine rings is 1. The fourth-order valence-electron chi connectivity index (χ4n) is 5.73. The number of rotatable bonds is 6. The van der Waals surface area contributed by atoms with Crippen LogP contribution in [-0.4, -0.2) is 51.5 Å². The highest BCUT2D eigenvalue weighted by atomic mass is 16.5. The number of fused-ring (bicyclic) bond motifs is 3. The lowest BCUT2D eigenvalue weighted by Gasteiger charge is -2.44. The summed E-state index contributed by atoms with van der Waals surface area (Å²) in [6.45, 7) is 3.62. The van der Waals surface area contributed by atoms with Crippen molar-refractivity contribution in [1.29, 1.82) is 0 Å². The number of hydrogen-bond acceptors (Lipinski definition) is 5. The van der Waals surface area contributed by atoms with Gasteiger partial charge in [0.1, 0.15) is 0 Å². The van der Waals surface area contributed by atoms with Crippen molar-refractivity contribution in [3.05, 3.63) is 54.0 Å². The minimum Gasteiger partial charge on any atom is -0.493 e. The molecule has 31 heavy (non-hydrogen) atoms. The number of ether oxygens (including phenoxy) is 2. The Balaban J connectivity index is 1.34. The molecular weight excluding hydrogens is 390 g/mol. The Bertz CT molecular complexity index is 1080. The zero-order valence-corrected chi connectivity index (χ0v) is 18.5. The average Bonchev–Trinajstić information content (AvgIpc) is 3.20. The van der Waals surface area contributed by atoms with Crippen LogP contribution >= 0.6 is 0 Å². The number of methoxy groups -OCH3 is 2. The van der Waals surface area contributed by atoms with Crippen molar-refractivity contribution in [1.82, 2.24) is 14.5 Å². The topological polar surface area (TPSA) is 59.8 Å². The number of nitrogens with zero attached hydrogens (tertiary/aromatic N) is 3. The lowest BCUT2D eigenvalue weighted by Crippen LogP contribution is -2.52. The first-order chi connectivity index (χ1) is 15.0. The van der Waals surface area contributed by atoms with Crippen molar-refractivity contribution >= 4 is 10.9 Å². The third-order valence-electron chi connectivity index (χ3n) is 7.18. The Labute approximate surface area is 183 Å². The number of aromatic nitrogens is 2. The van der Waals surface area contributed by atoms with E-state index in [9.17, 15) is 5.11 Å². The molecule has 0 saturated carbocycles. The third-order valence-corrected chi connectivity index (χ3v) is 7.18. The van der Waals surface area contributed by atoms with Crippen LogP contribution in [0, 0.1) is 6.92 Å². The Morgan fingerprint density at radius 2 is 1.81 bits per heavy atom. The summed E-state index contributed by atoms with van der Waals surface area (Å²) in [7, 11) is 3.34. The molecule has 5 rings (SSSR count). The van der Waals surface area contributed by atoms with Crippen molar-refractivity contribution < 1.29 is 14.6 Å². The van der Waals surface area contributed by atoms with Gasteiger partial charge in [-0.3, -0.25) is 9.88 Å². The molecule has 2 fully saturated rings. The van der Waals surface area contributed by atoms with Gasteiger partial charge in [0.2, 0.25) is 0 Å². The fourth-order valence-corrected chi connectivity index (χ4v) is 5.73. The van der Waals surface area contributed by atoms with E-state index < -0.39 is 5.60 Å². The van der Waals surface area contributed by atoms with E-state index in [-0.39, 0.29) is 0 Å². The first kappa shape index (κ1) is 20.3. The van der Waals surface area contributed by atoms with E-state index in [1.165, 1.54) is 16.6 Å². The standard InChI is InChI=1S/C25H31N3O3/c1-17-10-19-8-9-26-14-22(19)28(17)16-25(29)12-20-5-6-21(13-25)27(20)15-18-4-7-23(30-2)24(11-18)31-3/h4,7-11,14,20-21,29H,5-6,12-13,15-16H2,1-3H3. The number of benzene rings is 1. The Morgan fingerprint density at radius 3 is 2.52 bits per heavy atom. The molecule has 1 aromatic carbocycles. The van der Waals surface area contributed by atoms with Crippen LogP contribution in [0.1, 0.15) is 36.9 Å². The van der Waals surface area contributed by atoms with Crippen molar-refractivity contribution in [3.63, 3.8) is 0 Å². The summed E-state index contributed by atoms with van der Waals surface area (Å²) in [5.41, 5.74) is 2.82. The van der Waals surface area contributed by atoms with Gasteiger partial charge >= 0.3 is 0 Å². The molecule has 0 amide bonds. The van der Waals surface area contributed by atoms with Gasteiger partial charge in [-0.1, -0.05) is 6.07 Å². The monoisotopic (exact) mass is 421 g/mol. The van der Waals surface area contributed by atoms with E-state index >= 15 is 0 Å². The third kappa shape index (κ3) is 3.68. The average molecular weight is 422 g/mol. The lowest BCUT2D eigenvalue weighted by molar-refractivity contribution is -0.0647. The Hall–Kier alpha value is -2.57. The Morgan fingerprint density at radius 1 is 1.06 bits per heavy atom. The summed E-state index contributed by atoms with van der Waals surface area (Å²) >= 11 is 0. The van der Waals surface area contributed by atoms with Gasteiger partial charge in [0, 0.05) is 35.9 Å². The summed E-state index contributed by atoms with van der Waals surface area (Å²) in [5, 5.41) is 12.8. The molecule has 6 nitrogen and oxygen atoms in total. The summed E-state index contributed by atoms with van der Waals surface area (Å²) in [6.07, 6.45) is 7.63.